The fourth-order valence-electron chi connectivity index (χ4n) is 4.83. The van der Waals surface area contributed by atoms with Crippen molar-refractivity contribution >= 4 is 48.8 Å². The minimum atomic E-state index is -1.88. The van der Waals surface area contributed by atoms with Gasteiger partial charge in [-0.15, -0.1) is 0 Å². The molecule has 18 heteroatoms. The summed E-state index contributed by atoms with van der Waals surface area (Å²) < 4.78 is 79.8. The van der Waals surface area contributed by atoms with E-state index < -0.39 is 48.7 Å². The first-order valence-electron chi connectivity index (χ1n) is 19.3. The second kappa shape index (κ2) is 23.0. The van der Waals surface area contributed by atoms with Crippen LogP contribution in [0.15, 0.2) is 83.3 Å². The van der Waals surface area contributed by atoms with Gasteiger partial charge in [-0.2, -0.15) is 0 Å². The van der Waals surface area contributed by atoms with Gasteiger partial charge in [-0.1, -0.05) is 39.0 Å². The normalized spacial score (nSPS) is 16.4. The van der Waals surface area contributed by atoms with Crippen LogP contribution >= 0.6 is 15.9 Å². The molecule has 0 unspecified atom stereocenters. The Hall–Kier alpha value is -3.61. The average molecular weight is 907 g/mol. The van der Waals surface area contributed by atoms with Gasteiger partial charge < -0.3 is 48.5 Å². The van der Waals surface area contributed by atoms with Crippen molar-refractivity contribution in [2.45, 2.75) is 98.6 Å². The van der Waals surface area contributed by atoms with Crippen LogP contribution in [-0.4, -0.2) is 89.1 Å². The van der Waals surface area contributed by atoms with E-state index in [-0.39, 0.29) is 39.7 Å². The number of nitrogens with zero attached hydrogens (tertiary/aromatic N) is 1. The molecule has 2 aliphatic heterocycles. The zero-order chi connectivity index (χ0) is 45.6. The summed E-state index contributed by atoms with van der Waals surface area (Å²) in [7, 11) is -1.20. The molecule has 0 amide bonds. The van der Waals surface area contributed by atoms with Gasteiger partial charge in [0.25, 0.3) is 0 Å². The van der Waals surface area contributed by atoms with Crippen LogP contribution in [0.1, 0.15) is 76.2 Å². The molecule has 0 aliphatic carbocycles. The molecule has 327 valence electrons. The molecule has 0 spiro atoms. The van der Waals surface area contributed by atoms with E-state index in [1.165, 1.54) is 81.9 Å². The molecule has 1 radical (unpaired) electrons. The molecular formula is C42H56B3BrF4NO9. The maximum Gasteiger partial charge on any atom is 0.497 e. The Morgan fingerprint density at radius 3 is 1.53 bits per heavy atom. The number of phenolic OH excluding ortho intramolecular Hbond substituents is 2. The third-order valence-corrected chi connectivity index (χ3v) is 10.8. The Kier molecular flexibility index (Phi) is 20.1. The van der Waals surface area contributed by atoms with E-state index in [0.29, 0.717) is 9.94 Å². The van der Waals surface area contributed by atoms with E-state index in [4.69, 9.17) is 43.6 Å². The standard InChI is InChI=1S/C12H9BF2O3.C12H16BFO3.C6H12BO2.C6H4BrFO.C6H15N/c14-8-2-1-3-9(6-8)18-10-4-5-11(13(16)17)12(15)7-10;1-11(2)12(3,4)17-13(16-11)9-6-5-8(15)7-10(9)14;1-5(2)6(3,4)9-7-8-5;7-5-2-1-4(9)3-6(5)8;1-4-7(5-2)6-3/h1-7,16-17H;5-7,15H,1-4H3;1-4H3;1-3,9H;4-6H2,1-3H3. The number of hydrogen-bond donors (Lipinski definition) is 4. The predicted molar refractivity (Wildman–Crippen MR) is 232 cm³/mol. The van der Waals surface area contributed by atoms with Crippen LogP contribution in [0.5, 0.6) is 23.0 Å². The van der Waals surface area contributed by atoms with Crippen molar-refractivity contribution in [1.82, 2.24) is 4.90 Å². The average Bonchev–Trinajstić information content (AvgIpc) is 3.53. The van der Waals surface area contributed by atoms with Gasteiger partial charge in [0, 0.05) is 35.2 Å². The Balaban J connectivity index is 0.000000272. The van der Waals surface area contributed by atoms with Gasteiger partial charge in [-0.3, -0.25) is 0 Å². The van der Waals surface area contributed by atoms with Crippen LogP contribution in [-0.2, 0) is 18.6 Å². The molecule has 0 saturated carbocycles. The van der Waals surface area contributed by atoms with Crippen LogP contribution in [0.4, 0.5) is 17.6 Å². The highest BCUT2D eigenvalue weighted by atomic mass is 79.9. The zero-order valence-electron chi connectivity index (χ0n) is 36.0. The van der Waals surface area contributed by atoms with Gasteiger partial charge in [0.05, 0.1) is 26.9 Å². The number of rotatable bonds is 7. The monoisotopic (exact) mass is 906 g/mol. The topological polar surface area (TPSA) is 130 Å². The Morgan fingerprint density at radius 2 is 1.15 bits per heavy atom. The molecule has 6 rings (SSSR count). The summed E-state index contributed by atoms with van der Waals surface area (Å²) in [5.41, 5.74) is -1.31. The number of aromatic hydroxyl groups is 2. The van der Waals surface area contributed by atoms with Crippen molar-refractivity contribution in [2.24, 2.45) is 0 Å². The lowest BCUT2D eigenvalue weighted by molar-refractivity contribution is 0.00578. The molecule has 2 fully saturated rings. The lowest BCUT2D eigenvalue weighted by atomic mass is 9.78. The molecule has 0 atom stereocenters. The Morgan fingerprint density at radius 1 is 0.650 bits per heavy atom. The SMILES string of the molecule is CC1(C)OB(c2ccc(O)cc2F)OC1(C)C.CC1(C)O[B]OC1(C)C.CCN(CC)CC.OB(O)c1ccc(Oc2cccc(F)c2)cc1F.Oc1ccc(Br)c(F)c1. The fraction of sp³-hybridized carbons (Fsp3) is 0.429. The molecule has 10 nitrogen and oxygen atoms in total. The second-order valence-corrected chi connectivity index (χ2v) is 16.3. The van der Waals surface area contributed by atoms with E-state index in [1.807, 2.05) is 55.4 Å². The molecular weight excluding hydrogens is 851 g/mol. The van der Waals surface area contributed by atoms with Gasteiger partial charge in [-0.05, 0) is 127 Å². The summed E-state index contributed by atoms with van der Waals surface area (Å²) >= 11 is 2.94. The maximum absolute atomic E-state index is 13.7. The first-order chi connectivity index (χ1) is 27.8. The quantitative estimate of drug-likeness (QED) is 0.107. The lowest BCUT2D eigenvalue weighted by Gasteiger charge is -2.32. The molecule has 4 N–H and O–H groups in total. The zero-order valence-corrected chi connectivity index (χ0v) is 37.6. The molecule has 2 saturated heterocycles. The van der Waals surface area contributed by atoms with Gasteiger partial charge in [0.2, 0.25) is 0 Å². The predicted octanol–water partition coefficient (Wildman–Crippen LogP) is 8.03. The minimum absolute atomic E-state index is 0.0595. The highest BCUT2D eigenvalue weighted by Gasteiger charge is 2.52. The number of hydrogen-bond acceptors (Lipinski definition) is 10. The molecule has 0 bridgehead atoms. The maximum atomic E-state index is 13.7. The number of ether oxygens (including phenoxy) is 1. The van der Waals surface area contributed by atoms with Crippen molar-refractivity contribution in [3.63, 3.8) is 0 Å². The summed E-state index contributed by atoms with van der Waals surface area (Å²) in [6.07, 6.45) is 0. The molecule has 2 aliphatic rings. The molecule has 60 heavy (non-hydrogen) atoms. The van der Waals surface area contributed by atoms with E-state index >= 15 is 0 Å². The Bertz CT molecular complexity index is 1920. The Labute approximate surface area is 361 Å². The van der Waals surface area contributed by atoms with Crippen LogP contribution in [0.2, 0.25) is 0 Å². The number of benzene rings is 4. The fourth-order valence-corrected chi connectivity index (χ4v) is 5.08. The third kappa shape index (κ3) is 15.7. The molecule has 4 aromatic carbocycles. The first kappa shape index (κ1) is 52.5. The van der Waals surface area contributed by atoms with E-state index in [9.17, 15) is 17.6 Å². The largest absolute Gasteiger partial charge is 0.508 e. The van der Waals surface area contributed by atoms with Crippen molar-refractivity contribution < 1.29 is 61.2 Å². The minimum Gasteiger partial charge on any atom is -0.508 e. The third-order valence-electron chi connectivity index (χ3n) is 10.2. The summed E-state index contributed by atoms with van der Waals surface area (Å²) in [5, 5.41) is 35.5. The summed E-state index contributed by atoms with van der Waals surface area (Å²) in [6.45, 7) is 25.8. The first-order valence-corrected chi connectivity index (χ1v) is 20.1. The summed E-state index contributed by atoms with van der Waals surface area (Å²) in [5.74, 6) is -2.04. The highest BCUT2D eigenvalue weighted by molar-refractivity contribution is 9.10. The van der Waals surface area contributed by atoms with Crippen molar-refractivity contribution in [3.05, 3.63) is 107 Å². The smallest absolute Gasteiger partial charge is 0.497 e. The number of halogens is 5. The summed E-state index contributed by atoms with van der Waals surface area (Å²) in [4.78, 5) is 2.38. The number of phenols is 2. The molecule has 4 aromatic rings. The molecule has 0 aromatic heterocycles. The van der Waals surface area contributed by atoms with Crippen molar-refractivity contribution in [3.8, 4) is 23.0 Å². The highest BCUT2D eigenvalue weighted by Crippen LogP contribution is 2.37. The lowest BCUT2D eigenvalue weighted by Crippen LogP contribution is -2.41. The van der Waals surface area contributed by atoms with Crippen LogP contribution in [0.3, 0.4) is 0 Å². The van der Waals surface area contributed by atoms with Gasteiger partial charge in [-0.25, -0.2) is 17.6 Å². The summed E-state index contributed by atoms with van der Waals surface area (Å²) in [6, 6.07) is 16.8. The van der Waals surface area contributed by atoms with Crippen LogP contribution < -0.4 is 15.7 Å². The van der Waals surface area contributed by atoms with Crippen molar-refractivity contribution in [2.75, 3.05) is 19.6 Å². The second-order valence-electron chi connectivity index (χ2n) is 15.5. The van der Waals surface area contributed by atoms with Crippen molar-refractivity contribution in [1.29, 1.82) is 0 Å². The van der Waals surface area contributed by atoms with Crippen LogP contribution in [0, 0.1) is 23.3 Å². The van der Waals surface area contributed by atoms with E-state index in [1.54, 1.807) is 0 Å². The van der Waals surface area contributed by atoms with Crippen LogP contribution in [0.25, 0.3) is 0 Å². The van der Waals surface area contributed by atoms with E-state index in [0.717, 1.165) is 24.3 Å². The molecule has 2 heterocycles. The van der Waals surface area contributed by atoms with Gasteiger partial charge in [0.15, 0.2) is 0 Å². The van der Waals surface area contributed by atoms with E-state index in [2.05, 4.69) is 41.6 Å². The van der Waals surface area contributed by atoms with Gasteiger partial charge >= 0.3 is 21.9 Å². The van der Waals surface area contributed by atoms with Gasteiger partial charge in [0.1, 0.15) is 46.3 Å².